The van der Waals surface area contributed by atoms with Crippen molar-refractivity contribution < 1.29 is 29.0 Å². The lowest BCUT2D eigenvalue weighted by molar-refractivity contribution is -0.124. The van der Waals surface area contributed by atoms with E-state index in [0.717, 1.165) is 94.1 Å². The lowest BCUT2D eigenvalue weighted by atomic mass is 9.95. The second-order valence-electron chi connectivity index (χ2n) is 19.0. The van der Waals surface area contributed by atoms with Crippen molar-refractivity contribution in [3.63, 3.8) is 0 Å². The van der Waals surface area contributed by atoms with E-state index >= 15 is 0 Å². The molecule has 17 heteroatoms. The summed E-state index contributed by atoms with van der Waals surface area (Å²) in [7, 11) is 1.93. The third kappa shape index (κ3) is 13.7. The number of aromatic nitrogens is 3. The van der Waals surface area contributed by atoms with Gasteiger partial charge < -0.3 is 36.0 Å². The highest BCUT2D eigenvalue weighted by Gasteiger charge is 2.34. The topological polar surface area (TPSA) is 192 Å². The Morgan fingerprint density at radius 3 is 2.20 bits per heavy atom. The maximum Gasteiger partial charge on any atom is 0.243 e. The van der Waals surface area contributed by atoms with Crippen molar-refractivity contribution in [3.8, 4) is 10.8 Å². The van der Waals surface area contributed by atoms with Crippen LogP contribution in [0.4, 0.5) is 5.69 Å². The SMILES string of the molecule is Cc1sc2c(c1C)C(c1ccc(Cl)cc1)=N[C@@H](CC(=O)NCCCCCC(=O)NCCCCCC(=O)NCc1ccc(COc3ccc4c(c3)N(C)[C@@H](C(C)C)C(=O)N[C@H](CO)C4)cc1)c1nnc(C)n1-2. The average molecular weight is 1010 g/mol. The fourth-order valence-corrected chi connectivity index (χ4v) is 10.6. The Morgan fingerprint density at radius 2 is 1.52 bits per heavy atom. The molecule has 0 saturated heterocycles. The molecule has 3 atom stereocenters. The van der Waals surface area contributed by atoms with E-state index in [0.29, 0.717) is 62.1 Å². The van der Waals surface area contributed by atoms with Gasteiger partial charge in [0.2, 0.25) is 23.6 Å². The maximum absolute atomic E-state index is 13.3. The summed E-state index contributed by atoms with van der Waals surface area (Å²) < 4.78 is 8.21. The summed E-state index contributed by atoms with van der Waals surface area (Å²) in [5, 5.41) is 32.4. The largest absolute Gasteiger partial charge is 0.489 e. The molecule has 3 aromatic carbocycles. The van der Waals surface area contributed by atoms with Crippen LogP contribution in [0.25, 0.3) is 5.00 Å². The van der Waals surface area contributed by atoms with E-state index in [9.17, 15) is 24.3 Å². The molecule has 0 bridgehead atoms. The van der Waals surface area contributed by atoms with Crippen LogP contribution in [0.15, 0.2) is 71.7 Å². The van der Waals surface area contributed by atoms with Gasteiger partial charge in [0.1, 0.15) is 35.3 Å². The molecule has 0 saturated carbocycles. The summed E-state index contributed by atoms with van der Waals surface area (Å²) >= 11 is 7.91. The van der Waals surface area contributed by atoms with Crippen molar-refractivity contribution in [2.24, 2.45) is 10.9 Å². The molecule has 5 aromatic rings. The molecule has 71 heavy (non-hydrogen) atoms. The summed E-state index contributed by atoms with van der Waals surface area (Å²) in [6, 6.07) is 20.2. The van der Waals surface area contributed by atoms with Crippen molar-refractivity contribution in [2.45, 2.75) is 130 Å². The number of thiophene rings is 1. The molecule has 0 radical (unpaired) electrons. The summed E-state index contributed by atoms with van der Waals surface area (Å²) in [6.07, 6.45) is 6.15. The molecule has 0 unspecified atom stereocenters. The molecule has 2 aromatic heterocycles. The number of rotatable bonds is 22. The number of anilines is 1. The van der Waals surface area contributed by atoms with Gasteiger partial charge in [-0.2, -0.15) is 0 Å². The molecule has 378 valence electrons. The van der Waals surface area contributed by atoms with E-state index in [2.05, 4.69) is 45.3 Å². The van der Waals surface area contributed by atoms with Gasteiger partial charge in [0, 0.05) is 72.3 Å². The van der Waals surface area contributed by atoms with Crippen LogP contribution < -0.4 is 30.9 Å². The summed E-state index contributed by atoms with van der Waals surface area (Å²) in [6.45, 7) is 11.9. The van der Waals surface area contributed by atoms with Crippen molar-refractivity contribution in [1.82, 2.24) is 36.0 Å². The minimum Gasteiger partial charge on any atom is -0.489 e. The summed E-state index contributed by atoms with van der Waals surface area (Å²) in [4.78, 5) is 59.8. The van der Waals surface area contributed by atoms with Crippen LogP contribution in [0.5, 0.6) is 5.75 Å². The molecular weight excluding hydrogens is 938 g/mol. The quantitative estimate of drug-likeness (QED) is 0.0429. The van der Waals surface area contributed by atoms with E-state index in [1.165, 1.54) is 4.88 Å². The number of hydrogen-bond acceptors (Lipinski definition) is 11. The highest BCUT2D eigenvalue weighted by molar-refractivity contribution is 7.15. The van der Waals surface area contributed by atoms with Crippen LogP contribution in [0, 0.1) is 26.7 Å². The third-order valence-electron chi connectivity index (χ3n) is 13.2. The lowest BCUT2D eigenvalue weighted by Gasteiger charge is -2.37. The first-order valence-corrected chi connectivity index (χ1v) is 26.0. The lowest BCUT2D eigenvalue weighted by Crippen LogP contribution is -2.54. The number of halogens is 1. The van der Waals surface area contributed by atoms with Crippen LogP contribution >= 0.6 is 22.9 Å². The van der Waals surface area contributed by atoms with E-state index < -0.39 is 6.04 Å². The molecule has 0 aliphatic carbocycles. The van der Waals surface area contributed by atoms with E-state index in [-0.39, 0.29) is 54.7 Å². The average Bonchev–Trinajstić information content (AvgIpc) is 3.83. The van der Waals surface area contributed by atoms with Crippen molar-refractivity contribution in [3.05, 3.63) is 122 Å². The highest BCUT2D eigenvalue weighted by Crippen LogP contribution is 2.40. The first kappa shape index (κ1) is 52.7. The van der Waals surface area contributed by atoms with Gasteiger partial charge in [0.25, 0.3) is 0 Å². The van der Waals surface area contributed by atoms with Gasteiger partial charge in [-0.3, -0.25) is 28.7 Å². The van der Waals surface area contributed by atoms with Gasteiger partial charge >= 0.3 is 0 Å². The van der Waals surface area contributed by atoms with Crippen LogP contribution in [0.3, 0.4) is 0 Å². The van der Waals surface area contributed by atoms with E-state index in [4.69, 9.17) is 21.3 Å². The number of aliphatic hydroxyl groups is 1. The first-order valence-electron chi connectivity index (χ1n) is 24.8. The number of unbranched alkanes of at least 4 members (excludes halogenated alkanes) is 4. The Balaban J connectivity index is 0.743. The number of hydrogen-bond donors (Lipinski definition) is 5. The number of aryl methyl sites for hydroxylation is 2. The van der Waals surface area contributed by atoms with Gasteiger partial charge in [-0.15, -0.1) is 21.5 Å². The standard InChI is InChI=1S/C54H68ClN9O6S/c1-33(2)51-53(69)59-42(31-65)27-40-21-24-43(28-45(40)63(51)6)70-32-38-17-15-37(16-18-38)30-58-47(67)14-10-8-11-25-56-46(66)13-9-7-12-26-57-48(68)29-44-52-62-61-36(5)64(52)54-49(34(3)35(4)71-54)50(60-44)39-19-22-41(55)23-20-39/h15-24,28,33,42,44,51,65H,7-14,25-27,29-32H2,1-6H3,(H,56,66)(H,57,68)(H,58,67)(H,59,69)/t42-,44-,51-/m0/s1. The van der Waals surface area contributed by atoms with E-state index in [1.807, 2.05) is 104 Å². The molecule has 15 nitrogen and oxygen atoms in total. The molecule has 2 aliphatic heterocycles. The summed E-state index contributed by atoms with van der Waals surface area (Å²) in [5.74, 6) is 1.93. The Morgan fingerprint density at radius 1 is 0.859 bits per heavy atom. The normalized spacial score (nSPS) is 16.4. The molecule has 7 rings (SSSR count). The number of amides is 4. The Labute approximate surface area is 426 Å². The third-order valence-corrected chi connectivity index (χ3v) is 14.7. The predicted molar refractivity (Wildman–Crippen MR) is 280 cm³/mol. The number of likely N-dealkylation sites (N-methyl/N-ethyl adjacent to an activating group) is 1. The molecule has 0 fully saturated rings. The fourth-order valence-electron chi connectivity index (χ4n) is 9.23. The zero-order valence-electron chi connectivity index (χ0n) is 41.8. The number of benzene rings is 3. The number of carbonyl (C=O) groups is 4. The van der Waals surface area contributed by atoms with E-state index in [1.54, 1.807) is 11.3 Å². The number of nitrogens with one attached hydrogen (secondary N) is 4. The molecule has 4 heterocycles. The second kappa shape index (κ2) is 24.8. The van der Waals surface area contributed by atoms with Crippen LogP contribution in [-0.2, 0) is 38.8 Å². The number of nitrogens with zero attached hydrogens (tertiary/aromatic N) is 5. The molecular formula is C54H68ClN9O6S. The first-order chi connectivity index (χ1) is 34.2. The Hall–Kier alpha value is -6.10. The van der Waals surface area contributed by atoms with Crippen molar-refractivity contribution >= 4 is 58.0 Å². The smallest absolute Gasteiger partial charge is 0.243 e. The number of aliphatic imine (C=N–C) groups is 1. The number of carbonyl (C=O) groups excluding carboxylic acids is 4. The Kier molecular flexibility index (Phi) is 18.4. The molecule has 4 amide bonds. The highest BCUT2D eigenvalue weighted by atomic mass is 35.5. The van der Waals surface area contributed by atoms with Crippen molar-refractivity contribution in [2.75, 3.05) is 31.6 Å². The molecule has 5 N–H and O–H groups in total. The minimum atomic E-state index is -0.534. The predicted octanol–water partition coefficient (Wildman–Crippen LogP) is 7.93. The fraction of sp³-hybridized carbons (Fsp3) is 0.463. The summed E-state index contributed by atoms with van der Waals surface area (Å²) in [5.41, 5.74) is 7.82. The van der Waals surface area contributed by atoms with Crippen LogP contribution in [-0.4, -0.2) is 88.0 Å². The van der Waals surface area contributed by atoms with Crippen LogP contribution in [0.1, 0.15) is 128 Å². The maximum atomic E-state index is 13.3. The minimum absolute atomic E-state index is 0.00735. The Bertz CT molecular complexity index is 2680. The van der Waals surface area contributed by atoms with Gasteiger partial charge in [-0.25, -0.2) is 0 Å². The van der Waals surface area contributed by atoms with Gasteiger partial charge in [-0.1, -0.05) is 80.8 Å². The van der Waals surface area contributed by atoms with Gasteiger partial charge in [0.05, 0.1) is 24.8 Å². The zero-order chi connectivity index (χ0) is 50.6. The zero-order valence-corrected chi connectivity index (χ0v) is 43.4. The number of ether oxygens (including phenoxy) is 1. The monoisotopic (exact) mass is 1010 g/mol. The molecule has 0 spiro atoms. The second-order valence-corrected chi connectivity index (χ2v) is 20.6. The molecule has 2 aliphatic rings. The van der Waals surface area contributed by atoms with Crippen molar-refractivity contribution in [1.29, 1.82) is 0 Å². The number of aliphatic hydroxyl groups excluding tert-OH is 1. The van der Waals surface area contributed by atoms with Gasteiger partial charge in [0.15, 0.2) is 5.82 Å². The van der Waals surface area contributed by atoms with Crippen LogP contribution in [0.2, 0.25) is 5.02 Å². The van der Waals surface area contributed by atoms with Gasteiger partial charge in [-0.05, 0) is 99.2 Å². The number of fused-ring (bicyclic) bond motifs is 4.